The molecule has 20 heavy (non-hydrogen) atoms. The van der Waals surface area contributed by atoms with Crippen LogP contribution in [0.3, 0.4) is 0 Å². The van der Waals surface area contributed by atoms with E-state index in [1.807, 2.05) is 0 Å². The van der Waals surface area contributed by atoms with Gasteiger partial charge in [-0.15, -0.1) is 0 Å². The third kappa shape index (κ3) is 3.72. The van der Waals surface area contributed by atoms with Crippen LogP contribution in [0.5, 0.6) is 0 Å². The molecule has 0 saturated heterocycles. The van der Waals surface area contributed by atoms with Crippen molar-refractivity contribution < 1.29 is 0 Å². The Balaban J connectivity index is 1.94. The molecule has 1 saturated carbocycles. The molecule has 1 fully saturated rings. The third-order valence-corrected chi connectivity index (χ3v) is 4.66. The molecule has 0 aromatic heterocycles. The maximum Gasteiger partial charge on any atom is 0.171 e. The molecule has 2 rings (SSSR count). The summed E-state index contributed by atoms with van der Waals surface area (Å²) in [6, 6.07) is 8.55. The number of rotatable bonds is 4. The van der Waals surface area contributed by atoms with Crippen molar-refractivity contribution >= 4 is 23.0 Å². The monoisotopic (exact) mass is 290 g/mol. The summed E-state index contributed by atoms with van der Waals surface area (Å²) in [6.07, 6.45) is 6.23. The number of hydrogen-bond acceptors (Lipinski definition) is 1. The van der Waals surface area contributed by atoms with E-state index in [9.17, 15) is 0 Å². The van der Waals surface area contributed by atoms with Crippen LogP contribution in [0.1, 0.15) is 64.4 Å². The van der Waals surface area contributed by atoms with Gasteiger partial charge in [0.05, 0.1) is 0 Å². The van der Waals surface area contributed by atoms with Gasteiger partial charge in [0.2, 0.25) is 0 Å². The minimum Gasteiger partial charge on any atom is -0.357 e. The summed E-state index contributed by atoms with van der Waals surface area (Å²) in [6.45, 7) is 6.66. The van der Waals surface area contributed by atoms with E-state index in [0.29, 0.717) is 5.92 Å². The number of anilines is 1. The molecular formula is C17H26N2S. The van der Waals surface area contributed by atoms with E-state index in [-0.39, 0.29) is 5.54 Å². The summed E-state index contributed by atoms with van der Waals surface area (Å²) < 4.78 is 0. The smallest absolute Gasteiger partial charge is 0.171 e. The summed E-state index contributed by atoms with van der Waals surface area (Å²) in [5.74, 6) is 0.566. The highest BCUT2D eigenvalue weighted by atomic mass is 32.1. The van der Waals surface area contributed by atoms with Gasteiger partial charge in [0.15, 0.2) is 5.11 Å². The highest BCUT2D eigenvalue weighted by molar-refractivity contribution is 7.80. The van der Waals surface area contributed by atoms with E-state index >= 15 is 0 Å². The molecule has 0 unspecified atom stereocenters. The summed E-state index contributed by atoms with van der Waals surface area (Å²) in [5.41, 5.74) is 2.65. The normalized spacial score (nSPS) is 17.2. The molecule has 1 aliphatic carbocycles. The first-order chi connectivity index (χ1) is 9.54. The van der Waals surface area contributed by atoms with Gasteiger partial charge in [-0.25, -0.2) is 0 Å². The van der Waals surface area contributed by atoms with Crippen molar-refractivity contribution in [3.63, 3.8) is 0 Å². The van der Waals surface area contributed by atoms with Gasteiger partial charge in [-0.1, -0.05) is 45.7 Å². The minimum atomic E-state index is 0.224. The maximum absolute atomic E-state index is 5.47. The number of nitrogens with one attached hydrogen (secondary N) is 2. The molecule has 1 aromatic carbocycles. The zero-order valence-corrected chi connectivity index (χ0v) is 13.6. The molecule has 0 radical (unpaired) electrons. The van der Waals surface area contributed by atoms with Crippen molar-refractivity contribution in [2.45, 2.75) is 64.3 Å². The van der Waals surface area contributed by atoms with Crippen LogP contribution in [0.15, 0.2) is 24.3 Å². The van der Waals surface area contributed by atoms with Crippen LogP contribution in [0, 0.1) is 0 Å². The fraction of sp³-hybridized carbons (Fsp3) is 0.588. The average molecular weight is 290 g/mol. The predicted molar refractivity (Wildman–Crippen MR) is 91.4 cm³/mol. The summed E-state index contributed by atoms with van der Waals surface area (Å²) in [4.78, 5) is 0. The zero-order valence-electron chi connectivity index (χ0n) is 12.8. The van der Waals surface area contributed by atoms with Gasteiger partial charge in [-0.05, 0) is 55.1 Å². The Hall–Kier alpha value is -1.09. The van der Waals surface area contributed by atoms with Crippen LogP contribution in [0.4, 0.5) is 5.69 Å². The Labute approximate surface area is 128 Å². The Morgan fingerprint density at radius 3 is 2.30 bits per heavy atom. The molecule has 110 valence electrons. The van der Waals surface area contributed by atoms with Gasteiger partial charge in [-0.3, -0.25) is 0 Å². The maximum atomic E-state index is 5.47. The topological polar surface area (TPSA) is 24.1 Å². The van der Waals surface area contributed by atoms with Crippen molar-refractivity contribution in [3.05, 3.63) is 29.8 Å². The van der Waals surface area contributed by atoms with Crippen molar-refractivity contribution in [1.82, 2.24) is 5.32 Å². The standard InChI is InChI=1S/C17H26N2S/c1-4-17(11-5-6-12-17)19-16(20)18-15-9-7-14(8-10-15)13(2)3/h7-10,13H,4-6,11-12H2,1-3H3,(H2,18,19,20). The second-order valence-corrected chi connectivity index (χ2v) is 6.61. The van der Waals surface area contributed by atoms with E-state index in [1.54, 1.807) is 0 Å². The zero-order chi connectivity index (χ0) is 14.6. The summed E-state index contributed by atoms with van der Waals surface area (Å²) in [5, 5.41) is 7.62. The van der Waals surface area contributed by atoms with Crippen molar-refractivity contribution in [2.24, 2.45) is 0 Å². The van der Waals surface area contributed by atoms with Gasteiger partial charge >= 0.3 is 0 Å². The van der Waals surface area contributed by atoms with Crippen molar-refractivity contribution in [2.75, 3.05) is 5.32 Å². The van der Waals surface area contributed by atoms with E-state index in [0.717, 1.165) is 17.2 Å². The van der Waals surface area contributed by atoms with Crippen LogP contribution < -0.4 is 10.6 Å². The average Bonchev–Trinajstić information content (AvgIpc) is 2.88. The Morgan fingerprint density at radius 1 is 1.20 bits per heavy atom. The van der Waals surface area contributed by atoms with E-state index in [1.165, 1.54) is 31.2 Å². The van der Waals surface area contributed by atoms with E-state index in [2.05, 4.69) is 55.7 Å². The van der Waals surface area contributed by atoms with Crippen LogP contribution in [-0.4, -0.2) is 10.7 Å². The van der Waals surface area contributed by atoms with Crippen LogP contribution in [0.25, 0.3) is 0 Å². The van der Waals surface area contributed by atoms with E-state index in [4.69, 9.17) is 12.2 Å². The summed E-state index contributed by atoms with van der Waals surface area (Å²) in [7, 11) is 0. The molecule has 3 heteroatoms. The molecular weight excluding hydrogens is 264 g/mol. The fourth-order valence-electron chi connectivity index (χ4n) is 2.97. The first-order valence-corrected chi connectivity index (χ1v) is 8.14. The molecule has 0 bridgehead atoms. The Bertz CT molecular complexity index is 445. The number of thiocarbonyl (C=S) groups is 1. The second kappa shape index (κ2) is 6.57. The molecule has 0 amide bonds. The molecule has 2 N–H and O–H groups in total. The highest BCUT2D eigenvalue weighted by Gasteiger charge is 2.32. The molecule has 2 nitrogen and oxygen atoms in total. The van der Waals surface area contributed by atoms with E-state index < -0.39 is 0 Å². The quantitative estimate of drug-likeness (QED) is 0.777. The predicted octanol–water partition coefficient (Wildman–Crippen LogP) is 4.82. The lowest BCUT2D eigenvalue weighted by Crippen LogP contribution is -2.47. The van der Waals surface area contributed by atoms with Crippen LogP contribution in [-0.2, 0) is 0 Å². The molecule has 0 aliphatic heterocycles. The SMILES string of the molecule is CCC1(NC(=S)Nc2ccc(C(C)C)cc2)CCCC1. The van der Waals surface area contributed by atoms with Gasteiger partial charge in [0.1, 0.15) is 0 Å². The van der Waals surface area contributed by atoms with Gasteiger partial charge in [0.25, 0.3) is 0 Å². The minimum absolute atomic E-state index is 0.224. The van der Waals surface area contributed by atoms with Gasteiger partial charge < -0.3 is 10.6 Å². The molecule has 0 heterocycles. The first kappa shape index (κ1) is 15.3. The largest absolute Gasteiger partial charge is 0.357 e. The number of hydrogen-bond donors (Lipinski definition) is 2. The third-order valence-electron chi connectivity index (χ3n) is 4.45. The lowest BCUT2D eigenvalue weighted by Gasteiger charge is -2.30. The fourth-order valence-corrected chi connectivity index (χ4v) is 3.31. The molecule has 1 aromatic rings. The second-order valence-electron chi connectivity index (χ2n) is 6.20. The van der Waals surface area contributed by atoms with Crippen molar-refractivity contribution in [3.8, 4) is 0 Å². The molecule has 0 spiro atoms. The molecule has 1 aliphatic rings. The first-order valence-electron chi connectivity index (χ1n) is 7.74. The Kier molecular flexibility index (Phi) is 5.03. The lowest BCUT2D eigenvalue weighted by atomic mass is 9.94. The van der Waals surface area contributed by atoms with Gasteiger partial charge in [-0.2, -0.15) is 0 Å². The van der Waals surface area contributed by atoms with Crippen molar-refractivity contribution in [1.29, 1.82) is 0 Å². The van der Waals surface area contributed by atoms with Crippen LogP contribution in [0.2, 0.25) is 0 Å². The lowest BCUT2D eigenvalue weighted by molar-refractivity contribution is 0.378. The summed E-state index contributed by atoms with van der Waals surface area (Å²) >= 11 is 5.47. The highest BCUT2D eigenvalue weighted by Crippen LogP contribution is 2.32. The van der Waals surface area contributed by atoms with Crippen LogP contribution >= 0.6 is 12.2 Å². The molecule has 0 atom stereocenters. The van der Waals surface area contributed by atoms with Gasteiger partial charge in [0, 0.05) is 11.2 Å². The Morgan fingerprint density at radius 2 is 1.80 bits per heavy atom. The number of benzene rings is 1.